The molecule has 1 unspecified atom stereocenters. The van der Waals surface area contributed by atoms with Crippen LogP contribution in [0.25, 0.3) is 0 Å². The molecule has 3 aromatic rings. The molecule has 0 bridgehead atoms. The van der Waals surface area contributed by atoms with E-state index in [9.17, 15) is 27.2 Å². The molecule has 0 radical (unpaired) electrons. The molecule has 1 aliphatic carbocycles. The fourth-order valence-corrected chi connectivity index (χ4v) is 7.52. The molecule has 244 valence electrons. The molecule has 3 aromatic carbocycles. The molecule has 6 rings (SSSR count). The van der Waals surface area contributed by atoms with Gasteiger partial charge in [0.05, 0.1) is 22.2 Å². The van der Waals surface area contributed by atoms with Crippen molar-refractivity contribution in [2.75, 3.05) is 32.7 Å². The lowest BCUT2D eigenvalue weighted by atomic mass is 9.71. The zero-order valence-electron chi connectivity index (χ0n) is 25.6. The van der Waals surface area contributed by atoms with Gasteiger partial charge in [0.25, 0.3) is 11.8 Å². The minimum Gasteiger partial charge on any atom is -0.345 e. The van der Waals surface area contributed by atoms with Gasteiger partial charge in [0.1, 0.15) is 5.82 Å². The van der Waals surface area contributed by atoms with Gasteiger partial charge in [0.2, 0.25) is 0 Å². The number of benzene rings is 3. The van der Waals surface area contributed by atoms with Crippen molar-refractivity contribution >= 4 is 23.4 Å². The number of amides is 2. The monoisotopic (exact) mass is 655 g/mol. The first-order valence-electron chi connectivity index (χ1n) is 16.1. The number of nitrogens with one attached hydrogen (secondary N) is 1. The number of halogens is 5. The predicted octanol–water partition coefficient (Wildman–Crippen LogP) is 7.87. The Morgan fingerprint density at radius 3 is 2.39 bits per heavy atom. The number of rotatable bonds is 7. The average molecular weight is 656 g/mol. The highest BCUT2D eigenvalue weighted by Gasteiger charge is 2.39. The molecule has 46 heavy (non-hydrogen) atoms. The van der Waals surface area contributed by atoms with Gasteiger partial charge in [-0.05, 0) is 136 Å². The first kappa shape index (κ1) is 32.5. The number of likely N-dealkylation sites (tertiary alicyclic amines) is 2. The highest BCUT2D eigenvalue weighted by Crippen LogP contribution is 2.42. The molecule has 2 fully saturated rings. The minimum atomic E-state index is -4.59. The smallest absolute Gasteiger partial charge is 0.345 e. The molecular formula is C36H38ClF4N3O2. The van der Waals surface area contributed by atoms with E-state index in [0.717, 1.165) is 93.0 Å². The Morgan fingerprint density at radius 2 is 1.67 bits per heavy atom. The Hall–Kier alpha value is -3.43. The number of nitrogens with zero attached hydrogens (tertiary/aromatic N) is 2. The van der Waals surface area contributed by atoms with Crippen LogP contribution in [0.1, 0.15) is 87.5 Å². The second kappa shape index (κ2) is 13.4. The van der Waals surface area contributed by atoms with Crippen LogP contribution in [-0.4, -0.2) is 54.3 Å². The molecule has 0 saturated carbocycles. The molecule has 2 amide bonds. The fourth-order valence-electron chi connectivity index (χ4n) is 7.31. The summed E-state index contributed by atoms with van der Waals surface area (Å²) in [4.78, 5) is 31.0. The number of aryl methyl sites for hydroxylation is 2. The van der Waals surface area contributed by atoms with E-state index in [0.29, 0.717) is 31.5 Å². The third-order valence-corrected chi connectivity index (χ3v) is 10.5. The summed E-state index contributed by atoms with van der Waals surface area (Å²) >= 11 is 6.10. The summed E-state index contributed by atoms with van der Waals surface area (Å²) in [6.07, 6.45) is 2.74. The van der Waals surface area contributed by atoms with Crippen molar-refractivity contribution in [3.05, 3.63) is 105 Å². The summed E-state index contributed by atoms with van der Waals surface area (Å²) in [5, 5.41) is 2.79. The normalized spacial score (nSPS) is 19.7. The van der Waals surface area contributed by atoms with E-state index in [2.05, 4.69) is 10.2 Å². The first-order chi connectivity index (χ1) is 22.0. The number of carbonyl (C=O) groups excluding carboxylic acids is 2. The van der Waals surface area contributed by atoms with E-state index < -0.39 is 23.7 Å². The van der Waals surface area contributed by atoms with Crippen molar-refractivity contribution in [2.24, 2.45) is 5.41 Å². The van der Waals surface area contributed by atoms with Gasteiger partial charge in [-0.2, -0.15) is 13.2 Å². The molecule has 0 aromatic heterocycles. The molecule has 5 nitrogen and oxygen atoms in total. The molecular weight excluding hydrogens is 618 g/mol. The van der Waals surface area contributed by atoms with Crippen LogP contribution in [0.4, 0.5) is 17.6 Å². The number of fused-ring (bicyclic) bond motifs is 1. The van der Waals surface area contributed by atoms with E-state index in [4.69, 9.17) is 11.6 Å². The number of hydrogen-bond acceptors (Lipinski definition) is 3. The Kier molecular flexibility index (Phi) is 9.44. The van der Waals surface area contributed by atoms with Gasteiger partial charge in [-0.15, -0.1) is 0 Å². The molecule has 1 spiro atoms. The van der Waals surface area contributed by atoms with Gasteiger partial charge in [-0.25, -0.2) is 4.39 Å². The quantitative estimate of drug-likeness (QED) is 0.264. The maximum atomic E-state index is 13.6. The van der Waals surface area contributed by atoms with Gasteiger partial charge in [-0.1, -0.05) is 29.8 Å². The average Bonchev–Trinajstić information content (AvgIpc) is 3.43. The molecule has 10 heteroatoms. The lowest BCUT2D eigenvalue weighted by Crippen LogP contribution is -2.48. The largest absolute Gasteiger partial charge is 0.416 e. The Morgan fingerprint density at radius 1 is 0.935 bits per heavy atom. The molecule has 2 aliphatic heterocycles. The molecule has 1 N–H and O–H groups in total. The number of hydrogen-bond donors (Lipinski definition) is 1. The van der Waals surface area contributed by atoms with Gasteiger partial charge in [0.15, 0.2) is 0 Å². The van der Waals surface area contributed by atoms with E-state index >= 15 is 0 Å². The minimum absolute atomic E-state index is 0.0367. The standard InChI is InChI=1S/C36H38ClF4N3O2/c37-31-10-9-27(36(39,40)41)23-30(31)33(45)42-32-11-8-25-6-7-26(22-29(25)32)34(46)44-19-14-35(15-20-44)12-17-43(18-13-35)16-2-4-24-3-1-5-28(38)21-24/h1,3,5-7,9-10,21-23,32H,2,4,8,11-20H2,(H,42,45). The van der Waals surface area contributed by atoms with Gasteiger partial charge < -0.3 is 15.1 Å². The van der Waals surface area contributed by atoms with E-state index in [1.807, 2.05) is 29.2 Å². The van der Waals surface area contributed by atoms with Crippen molar-refractivity contribution in [3.63, 3.8) is 0 Å². The van der Waals surface area contributed by atoms with Gasteiger partial charge in [0, 0.05) is 18.7 Å². The number of alkyl halides is 3. The summed E-state index contributed by atoms with van der Waals surface area (Å²) in [6, 6.07) is 14.7. The lowest BCUT2D eigenvalue weighted by Gasteiger charge is -2.47. The van der Waals surface area contributed by atoms with Gasteiger partial charge in [-0.3, -0.25) is 9.59 Å². The highest BCUT2D eigenvalue weighted by molar-refractivity contribution is 6.33. The number of carbonyl (C=O) groups is 2. The molecule has 1 atom stereocenters. The van der Waals surface area contributed by atoms with Crippen LogP contribution in [0.15, 0.2) is 60.7 Å². The van der Waals surface area contributed by atoms with E-state index in [1.54, 1.807) is 12.1 Å². The van der Waals surface area contributed by atoms with Crippen molar-refractivity contribution in [2.45, 2.75) is 63.6 Å². The van der Waals surface area contributed by atoms with Crippen LogP contribution in [0, 0.1) is 11.2 Å². The van der Waals surface area contributed by atoms with Crippen molar-refractivity contribution in [3.8, 4) is 0 Å². The van der Waals surface area contributed by atoms with Crippen molar-refractivity contribution < 1.29 is 27.2 Å². The van der Waals surface area contributed by atoms with Crippen LogP contribution >= 0.6 is 11.6 Å². The summed E-state index contributed by atoms with van der Waals surface area (Å²) in [5.41, 5.74) is 2.52. The molecule has 2 heterocycles. The maximum absolute atomic E-state index is 13.6. The molecule has 2 saturated heterocycles. The predicted molar refractivity (Wildman–Crippen MR) is 169 cm³/mol. The Labute approximate surface area is 271 Å². The summed E-state index contributed by atoms with van der Waals surface area (Å²) in [5.74, 6) is -0.899. The third-order valence-electron chi connectivity index (χ3n) is 10.2. The van der Waals surface area contributed by atoms with E-state index in [1.165, 1.54) is 6.07 Å². The van der Waals surface area contributed by atoms with Crippen LogP contribution in [0.2, 0.25) is 5.02 Å². The zero-order chi connectivity index (χ0) is 32.5. The fraction of sp³-hybridized carbons (Fsp3) is 0.444. The first-order valence-corrected chi connectivity index (χ1v) is 16.4. The Bertz CT molecular complexity index is 1590. The lowest BCUT2D eigenvalue weighted by molar-refractivity contribution is -0.137. The highest BCUT2D eigenvalue weighted by atomic mass is 35.5. The van der Waals surface area contributed by atoms with Crippen LogP contribution in [-0.2, 0) is 19.0 Å². The second-order valence-corrected chi connectivity index (χ2v) is 13.4. The van der Waals surface area contributed by atoms with Crippen LogP contribution < -0.4 is 5.32 Å². The topological polar surface area (TPSA) is 52.7 Å². The zero-order valence-corrected chi connectivity index (χ0v) is 26.4. The summed E-state index contributed by atoms with van der Waals surface area (Å²) in [6.45, 7) is 4.48. The van der Waals surface area contributed by atoms with Crippen molar-refractivity contribution in [1.82, 2.24) is 15.1 Å². The summed E-state index contributed by atoms with van der Waals surface area (Å²) in [7, 11) is 0. The third kappa shape index (κ3) is 7.26. The molecule has 3 aliphatic rings. The van der Waals surface area contributed by atoms with Crippen molar-refractivity contribution in [1.29, 1.82) is 0 Å². The van der Waals surface area contributed by atoms with Crippen LogP contribution in [0.3, 0.4) is 0 Å². The van der Waals surface area contributed by atoms with E-state index in [-0.39, 0.29) is 27.7 Å². The van der Waals surface area contributed by atoms with Gasteiger partial charge >= 0.3 is 6.18 Å². The Balaban J connectivity index is 1.02. The van der Waals surface area contributed by atoms with Crippen LogP contribution in [0.5, 0.6) is 0 Å². The maximum Gasteiger partial charge on any atom is 0.416 e. The number of piperidine rings is 2. The summed E-state index contributed by atoms with van der Waals surface area (Å²) < 4.78 is 53.2. The second-order valence-electron chi connectivity index (χ2n) is 13.0. The SMILES string of the molecule is O=C(NC1CCc2ccc(C(=O)N3CCC4(CCN(CCCc5cccc(F)c5)CC4)CC3)cc21)c1cc(C(F)(F)F)ccc1Cl.